The van der Waals surface area contributed by atoms with Crippen molar-refractivity contribution in [2.45, 2.75) is 0 Å². The van der Waals surface area contributed by atoms with Crippen LogP contribution in [0.5, 0.6) is 0 Å². The number of nitrogens with zero attached hydrogens (tertiary/aromatic N) is 1. The summed E-state index contributed by atoms with van der Waals surface area (Å²) in [5.74, 6) is -0.189. The van der Waals surface area contributed by atoms with Crippen LogP contribution in [-0.2, 0) is 0 Å². The standard InChI is InChI=1S/C17H11NO2/c19-17(13-7-2-1-3-8-13)15-11-10-12-6-4-5-9-14(12)16(15)18-20/h1-11H. The summed E-state index contributed by atoms with van der Waals surface area (Å²) in [5.41, 5.74) is 1.09. The normalized spacial score (nSPS) is 10.4. The Balaban J connectivity index is 2.22. The molecule has 3 aromatic carbocycles. The van der Waals surface area contributed by atoms with Gasteiger partial charge in [-0.05, 0) is 16.6 Å². The Hall–Kier alpha value is -2.81. The monoisotopic (exact) mass is 261 g/mol. The summed E-state index contributed by atoms with van der Waals surface area (Å²) in [6.45, 7) is 0. The maximum absolute atomic E-state index is 12.5. The van der Waals surface area contributed by atoms with Gasteiger partial charge in [-0.15, -0.1) is 4.91 Å². The maximum atomic E-state index is 12.5. The van der Waals surface area contributed by atoms with Crippen LogP contribution in [0.25, 0.3) is 10.8 Å². The van der Waals surface area contributed by atoms with Gasteiger partial charge in [0.1, 0.15) is 5.69 Å². The molecule has 3 aromatic rings. The van der Waals surface area contributed by atoms with Crippen LogP contribution >= 0.6 is 0 Å². The molecule has 0 N–H and O–H groups in total. The molecule has 20 heavy (non-hydrogen) atoms. The molecular formula is C17H11NO2. The number of hydrogen-bond acceptors (Lipinski definition) is 3. The van der Waals surface area contributed by atoms with Crippen molar-refractivity contribution in [3.8, 4) is 0 Å². The molecule has 3 heteroatoms. The summed E-state index contributed by atoms with van der Waals surface area (Å²) in [6.07, 6.45) is 0. The molecular weight excluding hydrogens is 250 g/mol. The topological polar surface area (TPSA) is 46.5 Å². The lowest BCUT2D eigenvalue weighted by Gasteiger charge is -2.06. The minimum atomic E-state index is -0.189. The third-order valence-corrected chi connectivity index (χ3v) is 3.27. The van der Waals surface area contributed by atoms with Crippen LogP contribution in [0.3, 0.4) is 0 Å². The first-order valence-corrected chi connectivity index (χ1v) is 6.26. The summed E-state index contributed by atoms with van der Waals surface area (Å²) < 4.78 is 0. The Bertz CT molecular complexity index is 794. The molecule has 0 amide bonds. The lowest BCUT2D eigenvalue weighted by molar-refractivity contribution is 0.103. The van der Waals surface area contributed by atoms with Crippen molar-refractivity contribution in [3.05, 3.63) is 82.8 Å². The molecule has 0 aliphatic carbocycles. The second kappa shape index (κ2) is 5.05. The van der Waals surface area contributed by atoms with Crippen LogP contribution in [-0.4, -0.2) is 5.78 Å². The van der Waals surface area contributed by atoms with E-state index in [1.807, 2.05) is 30.3 Å². The van der Waals surface area contributed by atoms with E-state index < -0.39 is 0 Å². The largest absolute Gasteiger partial charge is 0.289 e. The second-order valence-corrected chi connectivity index (χ2v) is 4.47. The molecule has 3 rings (SSSR count). The number of hydrogen-bond donors (Lipinski definition) is 0. The molecule has 0 atom stereocenters. The van der Waals surface area contributed by atoms with Crippen molar-refractivity contribution in [2.75, 3.05) is 0 Å². The van der Waals surface area contributed by atoms with Gasteiger partial charge in [-0.25, -0.2) is 0 Å². The summed E-state index contributed by atoms with van der Waals surface area (Å²) >= 11 is 0. The Morgan fingerprint density at radius 2 is 1.50 bits per heavy atom. The van der Waals surface area contributed by atoms with Gasteiger partial charge in [0.05, 0.1) is 5.56 Å². The summed E-state index contributed by atoms with van der Waals surface area (Å²) in [5, 5.41) is 4.67. The van der Waals surface area contributed by atoms with Gasteiger partial charge in [0.25, 0.3) is 0 Å². The van der Waals surface area contributed by atoms with Gasteiger partial charge in [0.2, 0.25) is 0 Å². The highest BCUT2D eigenvalue weighted by molar-refractivity contribution is 6.15. The lowest BCUT2D eigenvalue weighted by Crippen LogP contribution is -2.01. The average molecular weight is 261 g/mol. The molecule has 0 heterocycles. The Morgan fingerprint density at radius 3 is 2.25 bits per heavy atom. The van der Waals surface area contributed by atoms with Crippen LogP contribution in [0.4, 0.5) is 5.69 Å². The molecule has 0 saturated heterocycles. The fraction of sp³-hybridized carbons (Fsp3) is 0. The van der Waals surface area contributed by atoms with Crippen LogP contribution in [0.15, 0.2) is 71.9 Å². The van der Waals surface area contributed by atoms with Gasteiger partial charge in [0, 0.05) is 10.9 Å². The maximum Gasteiger partial charge on any atom is 0.195 e. The third kappa shape index (κ3) is 1.99. The number of carbonyl (C=O) groups is 1. The van der Waals surface area contributed by atoms with Gasteiger partial charge in [-0.2, -0.15) is 0 Å². The molecule has 0 bridgehead atoms. The summed E-state index contributed by atoms with van der Waals surface area (Å²) in [7, 11) is 0. The first kappa shape index (κ1) is 12.2. The molecule has 0 aliphatic rings. The van der Waals surface area contributed by atoms with E-state index in [1.165, 1.54) is 0 Å². The highest BCUT2D eigenvalue weighted by Crippen LogP contribution is 2.31. The predicted molar refractivity (Wildman–Crippen MR) is 79.3 cm³/mol. The van der Waals surface area contributed by atoms with Crippen molar-refractivity contribution in [1.29, 1.82) is 0 Å². The van der Waals surface area contributed by atoms with E-state index in [9.17, 15) is 9.70 Å². The molecule has 0 spiro atoms. The highest BCUT2D eigenvalue weighted by atomic mass is 16.3. The fourth-order valence-electron chi connectivity index (χ4n) is 2.28. The van der Waals surface area contributed by atoms with Crippen molar-refractivity contribution in [1.82, 2.24) is 0 Å². The zero-order chi connectivity index (χ0) is 13.9. The number of benzene rings is 3. The van der Waals surface area contributed by atoms with E-state index in [4.69, 9.17) is 0 Å². The predicted octanol–water partition coefficient (Wildman–Crippen LogP) is 4.47. The molecule has 3 nitrogen and oxygen atoms in total. The van der Waals surface area contributed by atoms with Gasteiger partial charge in [-0.1, -0.05) is 60.7 Å². The minimum Gasteiger partial charge on any atom is -0.289 e. The molecule has 0 radical (unpaired) electrons. The third-order valence-electron chi connectivity index (χ3n) is 3.27. The molecule has 96 valence electrons. The molecule has 0 aliphatic heterocycles. The minimum absolute atomic E-state index is 0.189. The number of rotatable bonds is 3. The SMILES string of the molecule is O=Nc1c(C(=O)c2ccccc2)ccc2ccccc12. The first-order valence-electron chi connectivity index (χ1n) is 6.26. The van der Waals surface area contributed by atoms with Gasteiger partial charge < -0.3 is 0 Å². The Kier molecular flexibility index (Phi) is 3.09. The Labute approximate surface area is 115 Å². The quantitative estimate of drug-likeness (QED) is 0.516. The van der Waals surface area contributed by atoms with Crippen LogP contribution in [0.2, 0.25) is 0 Å². The highest BCUT2D eigenvalue weighted by Gasteiger charge is 2.16. The van der Waals surface area contributed by atoms with E-state index in [0.717, 1.165) is 5.39 Å². The summed E-state index contributed by atoms with van der Waals surface area (Å²) in [4.78, 5) is 23.6. The van der Waals surface area contributed by atoms with E-state index in [-0.39, 0.29) is 11.5 Å². The van der Waals surface area contributed by atoms with E-state index >= 15 is 0 Å². The zero-order valence-corrected chi connectivity index (χ0v) is 10.6. The van der Waals surface area contributed by atoms with Crippen LogP contribution < -0.4 is 0 Å². The molecule has 0 fully saturated rings. The summed E-state index contributed by atoms with van der Waals surface area (Å²) in [6, 6.07) is 19.8. The number of nitroso groups, excluding NO2 is 1. The molecule has 0 aromatic heterocycles. The first-order chi connectivity index (χ1) is 9.81. The Morgan fingerprint density at radius 1 is 0.800 bits per heavy atom. The van der Waals surface area contributed by atoms with Crippen molar-refractivity contribution < 1.29 is 4.79 Å². The number of fused-ring (bicyclic) bond motifs is 1. The zero-order valence-electron chi connectivity index (χ0n) is 10.6. The van der Waals surface area contributed by atoms with Gasteiger partial charge >= 0.3 is 0 Å². The second-order valence-electron chi connectivity index (χ2n) is 4.47. The van der Waals surface area contributed by atoms with Crippen molar-refractivity contribution in [2.24, 2.45) is 5.18 Å². The number of ketones is 1. The number of carbonyl (C=O) groups excluding carboxylic acids is 1. The fourth-order valence-corrected chi connectivity index (χ4v) is 2.28. The van der Waals surface area contributed by atoms with E-state index in [1.54, 1.807) is 36.4 Å². The van der Waals surface area contributed by atoms with Crippen LogP contribution in [0.1, 0.15) is 15.9 Å². The van der Waals surface area contributed by atoms with Crippen LogP contribution in [0, 0.1) is 4.91 Å². The van der Waals surface area contributed by atoms with E-state index in [2.05, 4.69) is 5.18 Å². The van der Waals surface area contributed by atoms with E-state index in [0.29, 0.717) is 16.5 Å². The molecule has 0 unspecified atom stereocenters. The lowest BCUT2D eigenvalue weighted by atomic mass is 9.98. The van der Waals surface area contributed by atoms with Gasteiger partial charge in [-0.3, -0.25) is 4.79 Å². The smallest absolute Gasteiger partial charge is 0.195 e. The van der Waals surface area contributed by atoms with Gasteiger partial charge in [0.15, 0.2) is 5.78 Å². The van der Waals surface area contributed by atoms with Crippen molar-refractivity contribution >= 4 is 22.2 Å². The molecule has 0 saturated carbocycles. The van der Waals surface area contributed by atoms with Crippen molar-refractivity contribution in [3.63, 3.8) is 0 Å². The average Bonchev–Trinajstić information content (AvgIpc) is 2.54.